The van der Waals surface area contributed by atoms with Gasteiger partial charge in [0.25, 0.3) is 0 Å². The zero-order chi connectivity index (χ0) is 14.8. The fraction of sp³-hybridized carbons (Fsp3) is 0.125. The van der Waals surface area contributed by atoms with E-state index in [-0.39, 0.29) is 0 Å². The predicted octanol–water partition coefficient (Wildman–Crippen LogP) is 2.39. The number of aromatic nitrogens is 6. The van der Waals surface area contributed by atoms with Gasteiger partial charge in [-0.2, -0.15) is 5.10 Å². The Morgan fingerprint density at radius 2 is 1.95 bits per heavy atom. The lowest BCUT2D eigenvalue weighted by Gasteiger charge is -2.10. The first kappa shape index (κ1) is 12.7. The van der Waals surface area contributed by atoms with E-state index in [2.05, 4.69) is 36.8 Å². The zero-order valence-corrected chi connectivity index (χ0v) is 11.9. The van der Waals surface area contributed by atoms with E-state index in [0.717, 1.165) is 35.4 Å². The molecule has 0 amide bonds. The Kier molecular flexibility index (Phi) is 3.12. The van der Waals surface area contributed by atoms with E-state index in [1.165, 1.54) is 0 Å². The quantitative estimate of drug-likeness (QED) is 0.579. The van der Waals surface area contributed by atoms with Crippen LogP contribution in [0.5, 0.6) is 0 Å². The first-order valence-corrected chi connectivity index (χ1v) is 7.09. The molecule has 22 heavy (non-hydrogen) atoms. The van der Waals surface area contributed by atoms with Crippen molar-refractivity contribution in [3.8, 4) is 11.4 Å². The highest BCUT2D eigenvalue weighted by molar-refractivity contribution is 5.92. The van der Waals surface area contributed by atoms with E-state index in [9.17, 15) is 0 Å². The molecule has 0 saturated heterocycles. The third-order valence-electron chi connectivity index (χ3n) is 3.64. The Bertz CT molecular complexity index is 889. The van der Waals surface area contributed by atoms with Crippen molar-refractivity contribution in [3.63, 3.8) is 0 Å². The van der Waals surface area contributed by atoms with E-state index in [0.29, 0.717) is 0 Å². The van der Waals surface area contributed by atoms with Gasteiger partial charge in [-0.1, -0.05) is 18.2 Å². The summed E-state index contributed by atoms with van der Waals surface area (Å²) in [6, 6.07) is 10.1. The van der Waals surface area contributed by atoms with Crippen LogP contribution in [0.3, 0.4) is 0 Å². The van der Waals surface area contributed by atoms with Crippen LogP contribution in [0.1, 0.15) is 0 Å². The molecule has 0 aliphatic heterocycles. The van der Waals surface area contributed by atoms with Crippen LogP contribution in [0, 0.1) is 0 Å². The molecule has 4 rings (SSSR count). The molecule has 0 unspecified atom stereocenters. The highest BCUT2D eigenvalue weighted by Gasteiger charge is 2.10. The molecule has 6 heteroatoms. The molecule has 0 aliphatic rings. The topological polar surface area (TPSA) is 61.4 Å². The van der Waals surface area contributed by atoms with Crippen molar-refractivity contribution in [2.45, 2.75) is 13.1 Å². The largest absolute Gasteiger partial charge is 0.329 e. The molecule has 0 aliphatic carbocycles. The number of fused-ring (bicyclic) bond motifs is 1. The molecule has 108 valence electrons. The minimum atomic E-state index is 0.756. The number of aryl methyl sites for hydroxylation is 2. The lowest BCUT2D eigenvalue weighted by Crippen LogP contribution is -2.08. The van der Waals surface area contributed by atoms with E-state index in [1.807, 2.05) is 41.5 Å². The third-order valence-corrected chi connectivity index (χ3v) is 3.64. The molecule has 0 N–H and O–H groups in total. The SMILES string of the molecule is c1cc(-c2nccn2CCn2cncn2)c2cccnc2c1. The second-order valence-corrected chi connectivity index (χ2v) is 4.98. The molecule has 0 spiro atoms. The van der Waals surface area contributed by atoms with Gasteiger partial charge in [-0.3, -0.25) is 9.67 Å². The van der Waals surface area contributed by atoms with E-state index < -0.39 is 0 Å². The third kappa shape index (κ3) is 2.24. The fourth-order valence-corrected chi connectivity index (χ4v) is 2.59. The van der Waals surface area contributed by atoms with Crippen LogP contribution >= 0.6 is 0 Å². The van der Waals surface area contributed by atoms with Crippen LogP contribution in [0.2, 0.25) is 0 Å². The minimum Gasteiger partial charge on any atom is -0.329 e. The average Bonchev–Trinajstić information content (AvgIpc) is 3.24. The van der Waals surface area contributed by atoms with Crippen LogP contribution in [-0.4, -0.2) is 29.3 Å². The number of hydrogen-bond acceptors (Lipinski definition) is 4. The second-order valence-electron chi connectivity index (χ2n) is 4.98. The molecule has 0 radical (unpaired) electrons. The van der Waals surface area contributed by atoms with Gasteiger partial charge in [0.05, 0.1) is 12.1 Å². The summed E-state index contributed by atoms with van der Waals surface area (Å²) < 4.78 is 3.94. The second kappa shape index (κ2) is 5.40. The summed E-state index contributed by atoms with van der Waals surface area (Å²) in [4.78, 5) is 12.9. The van der Waals surface area contributed by atoms with Gasteiger partial charge in [0.1, 0.15) is 18.5 Å². The van der Waals surface area contributed by atoms with Gasteiger partial charge in [0, 0.05) is 36.1 Å². The summed E-state index contributed by atoms with van der Waals surface area (Å²) in [5, 5.41) is 5.24. The molecule has 0 fully saturated rings. The average molecular weight is 290 g/mol. The first-order chi connectivity index (χ1) is 10.9. The highest BCUT2D eigenvalue weighted by Crippen LogP contribution is 2.26. The van der Waals surface area contributed by atoms with Crippen LogP contribution in [0.15, 0.2) is 61.6 Å². The van der Waals surface area contributed by atoms with E-state index in [1.54, 1.807) is 12.7 Å². The molecular weight excluding hydrogens is 276 g/mol. The Balaban J connectivity index is 1.72. The summed E-state index contributed by atoms with van der Waals surface area (Å²) >= 11 is 0. The maximum Gasteiger partial charge on any atom is 0.140 e. The van der Waals surface area contributed by atoms with Gasteiger partial charge in [0.2, 0.25) is 0 Å². The number of rotatable bonds is 4. The van der Waals surface area contributed by atoms with Gasteiger partial charge in [-0.25, -0.2) is 9.97 Å². The Labute approximate surface area is 127 Å². The van der Waals surface area contributed by atoms with Gasteiger partial charge >= 0.3 is 0 Å². The van der Waals surface area contributed by atoms with Crippen molar-refractivity contribution in [1.29, 1.82) is 0 Å². The van der Waals surface area contributed by atoms with Crippen molar-refractivity contribution in [2.24, 2.45) is 0 Å². The van der Waals surface area contributed by atoms with Crippen molar-refractivity contribution >= 4 is 10.9 Å². The van der Waals surface area contributed by atoms with Crippen LogP contribution < -0.4 is 0 Å². The lowest BCUT2D eigenvalue weighted by molar-refractivity contribution is 0.535. The highest BCUT2D eigenvalue weighted by atomic mass is 15.3. The molecule has 1 aromatic carbocycles. The van der Waals surface area contributed by atoms with Crippen LogP contribution in [0.4, 0.5) is 0 Å². The van der Waals surface area contributed by atoms with Crippen molar-refractivity contribution in [2.75, 3.05) is 0 Å². The normalized spacial score (nSPS) is 11.1. The maximum absolute atomic E-state index is 4.53. The smallest absolute Gasteiger partial charge is 0.140 e. The maximum atomic E-state index is 4.53. The molecule has 4 aromatic rings. The predicted molar refractivity (Wildman–Crippen MR) is 83.0 cm³/mol. The molecule has 6 nitrogen and oxygen atoms in total. The van der Waals surface area contributed by atoms with Gasteiger partial charge in [-0.05, 0) is 12.1 Å². The molecule has 0 bridgehead atoms. The number of benzene rings is 1. The summed E-state index contributed by atoms with van der Waals surface area (Å²) in [5.41, 5.74) is 2.07. The van der Waals surface area contributed by atoms with Crippen molar-refractivity contribution in [3.05, 3.63) is 61.6 Å². The zero-order valence-electron chi connectivity index (χ0n) is 11.9. The number of nitrogens with zero attached hydrogens (tertiary/aromatic N) is 6. The van der Waals surface area contributed by atoms with Gasteiger partial charge in [-0.15, -0.1) is 0 Å². The molecule has 3 heterocycles. The van der Waals surface area contributed by atoms with Crippen molar-refractivity contribution < 1.29 is 0 Å². The molecule has 0 atom stereocenters. The number of imidazole rings is 1. The van der Waals surface area contributed by atoms with Gasteiger partial charge in [0.15, 0.2) is 0 Å². The summed E-state index contributed by atoms with van der Waals surface area (Å²) in [5.74, 6) is 0.943. The fourth-order valence-electron chi connectivity index (χ4n) is 2.59. The molecule has 0 saturated carbocycles. The molecule has 3 aromatic heterocycles. The standard InChI is InChI=1S/C16H14N6/c1-3-14(13-4-2-6-18-15(13)5-1)16-19-7-8-21(16)9-10-22-12-17-11-20-22/h1-8,11-12H,9-10H2. The summed E-state index contributed by atoms with van der Waals surface area (Å²) in [7, 11) is 0. The Hall–Kier alpha value is -3.02. The molecular formula is C16H14N6. The van der Waals surface area contributed by atoms with Crippen LogP contribution in [-0.2, 0) is 13.1 Å². The van der Waals surface area contributed by atoms with E-state index in [4.69, 9.17) is 0 Å². The Morgan fingerprint density at radius 3 is 2.86 bits per heavy atom. The lowest BCUT2D eigenvalue weighted by atomic mass is 10.1. The van der Waals surface area contributed by atoms with E-state index >= 15 is 0 Å². The van der Waals surface area contributed by atoms with Crippen LogP contribution in [0.25, 0.3) is 22.3 Å². The number of hydrogen-bond donors (Lipinski definition) is 0. The summed E-state index contributed by atoms with van der Waals surface area (Å²) in [6.45, 7) is 1.54. The number of pyridine rings is 1. The first-order valence-electron chi connectivity index (χ1n) is 7.09. The monoisotopic (exact) mass is 290 g/mol. The van der Waals surface area contributed by atoms with Gasteiger partial charge < -0.3 is 4.57 Å². The Morgan fingerprint density at radius 1 is 0.955 bits per heavy atom. The minimum absolute atomic E-state index is 0.756. The van der Waals surface area contributed by atoms with Crippen molar-refractivity contribution in [1.82, 2.24) is 29.3 Å². The summed E-state index contributed by atoms with van der Waals surface area (Å²) in [6.07, 6.45) is 8.89.